The number of fused-ring (bicyclic) bond motifs is 9. The molecule has 58 heavy (non-hydrogen) atoms. The molecule has 280 valence electrons. The standard InChI is InChI=1S/C57H47N/c1-55(2)45-26-12-8-21-39(45)44-35-36(33-34-48(44)55)37-19-10-15-30-50(37)58(52-32-18-25-42-38-20-7-13-27-46(38)57(5,6)54(42)52)51-31-16-11-22-40(51)41-24-17-29-49-53(41)43-23-9-14-28-47(43)56(49,3)4/h7-35H,1-6H3. The van der Waals surface area contributed by atoms with Gasteiger partial charge in [0, 0.05) is 27.4 Å². The minimum atomic E-state index is -0.218. The Balaban J connectivity index is 1.20. The van der Waals surface area contributed by atoms with Crippen molar-refractivity contribution in [2.75, 3.05) is 4.90 Å². The molecule has 8 aromatic carbocycles. The lowest BCUT2D eigenvalue weighted by Crippen LogP contribution is -2.21. The molecule has 0 bridgehead atoms. The van der Waals surface area contributed by atoms with Crippen molar-refractivity contribution in [3.63, 3.8) is 0 Å². The first-order chi connectivity index (χ1) is 28.1. The Hall–Kier alpha value is -6.44. The number of nitrogens with zero attached hydrogens (tertiary/aromatic N) is 1. The molecule has 1 nitrogen and oxygen atoms in total. The molecule has 0 spiro atoms. The van der Waals surface area contributed by atoms with Gasteiger partial charge in [0.25, 0.3) is 0 Å². The highest BCUT2D eigenvalue weighted by atomic mass is 15.2. The van der Waals surface area contributed by atoms with E-state index in [1.807, 2.05) is 0 Å². The summed E-state index contributed by atoms with van der Waals surface area (Å²) in [5.41, 5.74) is 24.3. The van der Waals surface area contributed by atoms with Gasteiger partial charge in [-0.15, -0.1) is 0 Å². The number of hydrogen-bond acceptors (Lipinski definition) is 1. The number of para-hydroxylation sites is 2. The predicted octanol–water partition coefficient (Wildman–Crippen LogP) is 15.4. The summed E-state index contributed by atoms with van der Waals surface area (Å²) in [5.74, 6) is 0. The van der Waals surface area contributed by atoms with Gasteiger partial charge < -0.3 is 4.90 Å². The van der Waals surface area contributed by atoms with Crippen molar-refractivity contribution in [3.05, 3.63) is 209 Å². The lowest BCUT2D eigenvalue weighted by atomic mass is 9.80. The fourth-order valence-electron chi connectivity index (χ4n) is 11.1. The highest BCUT2D eigenvalue weighted by molar-refractivity contribution is 6.02. The molecule has 3 aliphatic carbocycles. The molecule has 0 saturated heterocycles. The Kier molecular flexibility index (Phi) is 7.36. The summed E-state index contributed by atoms with van der Waals surface area (Å²) in [7, 11) is 0. The van der Waals surface area contributed by atoms with Gasteiger partial charge in [-0.2, -0.15) is 0 Å². The molecule has 0 aromatic heterocycles. The maximum atomic E-state index is 2.59. The molecule has 11 rings (SSSR count). The van der Waals surface area contributed by atoms with Crippen LogP contribution in [0.2, 0.25) is 0 Å². The average Bonchev–Trinajstić information content (AvgIpc) is 3.74. The molecule has 0 unspecified atom stereocenters. The number of hydrogen-bond donors (Lipinski definition) is 0. The van der Waals surface area contributed by atoms with Crippen LogP contribution in [0.4, 0.5) is 17.1 Å². The van der Waals surface area contributed by atoms with Crippen molar-refractivity contribution in [3.8, 4) is 55.6 Å². The molecular formula is C57H47N. The van der Waals surface area contributed by atoms with Crippen LogP contribution in [0.25, 0.3) is 55.6 Å². The van der Waals surface area contributed by atoms with Crippen LogP contribution in [0.5, 0.6) is 0 Å². The molecule has 0 heterocycles. The summed E-state index contributed by atoms with van der Waals surface area (Å²) in [6, 6.07) is 66.2. The summed E-state index contributed by atoms with van der Waals surface area (Å²) in [6.07, 6.45) is 0. The molecule has 3 aliphatic rings. The van der Waals surface area contributed by atoms with E-state index in [9.17, 15) is 0 Å². The molecule has 0 radical (unpaired) electrons. The summed E-state index contributed by atoms with van der Waals surface area (Å²) < 4.78 is 0. The van der Waals surface area contributed by atoms with Crippen LogP contribution in [0.1, 0.15) is 74.9 Å². The van der Waals surface area contributed by atoms with E-state index in [-0.39, 0.29) is 16.2 Å². The van der Waals surface area contributed by atoms with E-state index in [4.69, 9.17) is 0 Å². The van der Waals surface area contributed by atoms with Crippen molar-refractivity contribution in [2.24, 2.45) is 0 Å². The predicted molar refractivity (Wildman–Crippen MR) is 245 cm³/mol. The lowest BCUT2D eigenvalue weighted by molar-refractivity contribution is 0.660. The van der Waals surface area contributed by atoms with Gasteiger partial charge >= 0.3 is 0 Å². The number of benzene rings is 8. The molecule has 0 N–H and O–H groups in total. The van der Waals surface area contributed by atoms with Crippen LogP contribution < -0.4 is 4.90 Å². The zero-order valence-electron chi connectivity index (χ0n) is 34.2. The second-order valence-corrected chi connectivity index (χ2v) is 18.1. The van der Waals surface area contributed by atoms with Gasteiger partial charge in [-0.25, -0.2) is 0 Å². The van der Waals surface area contributed by atoms with Gasteiger partial charge in [0.1, 0.15) is 0 Å². The average molecular weight is 746 g/mol. The first-order valence-electron chi connectivity index (χ1n) is 20.8. The van der Waals surface area contributed by atoms with Crippen LogP contribution in [-0.4, -0.2) is 0 Å². The third-order valence-corrected chi connectivity index (χ3v) is 13.9. The Morgan fingerprint density at radius 2 is 0.724 bits per heavy atom. The molecule has 0 amide bonds. The number of anilines is 3. The zero-order chi connectivity index (χ0) is 39.6. The quantitative estimate of drug-likeness (QED) is 0.170. The van der Waals surface area contributed by atoms with Crippen LogP contribution in [0.15, 0.2) is 176 Å². The fourth-order valence-corrected chi connectivity index (χ4v) is 11.1. The highest BCUT2D eigenvalue weighted by Gasteiger charge is 2.41. The Morgan fingerprint density at radius 3 is 1.43 bits per heavy atom. The topological polar surface area (TPSA) is 3.24 Å². The van der Waals surface area contributed by atoms with E-state index < -0.39 is 0 Å². The SMILES string of the molecule is CC1(C)c2ccccc2-c2cc(-c3ccccc3N(c3ccccc3-c3cccc4c3-c3ccccc3C4(C)C)c3cccc4c3C(C)(C)c3ccccc3-4)ccc21. The van der Waals surface area contributed by atoms with Gasteiger partial charge in [-0.1, -0.05) is 193 Å². The van der Waals surface area contributed by atoms with Crippen molar-refractivity contribution in [1.82, 2.24) is 0 Å². The second kappa shape index (κ2) is 12.3. The summed E-state index contributed by atoms with van der Waals surface area (Å²) in [5, 5.41) is 0. The fraction of sp³-hybridized carbons (Fsp3) is 0.158. The highest BCUT2D eigenvalue weighted by Crippen LogP contribution is 2.58. The smallest absolute Gasteiger partial charge is 0.0540 e. The summed E-state index contributed by atoms with van der Waals surface area (Å²) in [4.78, 5) is 2.59. The Morgan fingerprint density at radius 1 is 0.293 bits per heavy atom. The van der Waals surface area contributed by atoms with Gasteiger partial charge in [-0.3, -0.25) is 0 Å². The summed E-state index contributed by atoms with van der Waals surface area (Å²) in [6.45, 7) is 14.3. The monoisotopic (exact) mass is 745 g/mol. The van der Waals surface area contributed by atoms with Crippen LogP contribution in [-0.2, 0) is 16.2 Å². The zero-order valence-corrected chi connectivity index (χ0v) is 34.2. The van der Waals surface area contributed by atoms with E-state index in [1.54, 1.807) is 0 Å². The maximum Gasteiger partial charge on any atom is 0.0540 e. The molecule has 1 heteroatoms. The Labute approximate surface area is 343 Å². The minimum absolute atomic E-state index is 0.0523. The molecule has 0 fully saturated rings. The van der Waals surface area contributed by atoms with Crippen LogP contribution >= 0.6 is 0 Å². The minimum Gasteiger partial charge on any atom is -0.309 e. The van der Waals surface area contributed by atoms with E-state index in [2.05, 4.69) is 222 Å². The van der Waals surface area contributed by atoms with Crippen molar-refractivity contribution in [1.29, 1.82) is 0 Å². The largest absolute Gasteiger partial charge is 0.309 e. The van der Waals surface area contributed by atoms with Crippen molar-refractivity contribution in [2.45, 2.75) is 57.8 Å². The molecule has 0 saturated carbocycles. The third kappa shape index (κ3) is 4.71. The van der Waals surface area contributed by atoms with E-state index in [1.165, 1.54) is 100 Å². The Bertz CT molecular complexity index is 2990. The van der Waals surface area contributed by atoms with Gasteiger partial charge in [-0.05, 0) is 102 Å². The van der Waals surface area contributed by atoms with Gasteiger partial charge in [0.05, 0.1) is 17.1 Å². The van der Waals surface area contributed by atoms with Crippen molar-refractivity contribution >= 4 is 17.1 Å². The van der Waals surface area contributed by atoms with Crippen molar-refractivity contribution < 1.29 is 0 Å². The number of rotatable bonds is 5. The third-order valence-electron chi connectivity index (χ3n) is 13.9. The van der Waals surface area contributed by atoms with E-state index in [0.29, 0.717) is 0 Å². The van der Waals surface area contributed by atoms with Crippen LogP contribution in [0, 0.1) is 0 Å². The van der Waals surface area contributed by atoms with E-state index >= 15 is 0 Å². The lowest BCUT2D eigenvalue weighted by Gasteiger charge is -2.34. The summed E-state index contributed by atoms with van der Waals surface area (Å²) >= 11 is 0. The first-order valence-corrected chi connectivity index (χ1v) is 20.8. The normalized spacial score (nSPS) is 15.5. The van der Waals surface area contributed by atoms with Gasteiger partial charge in [0.2, 0.25) is 0 Å². The maximum absolute atomic E-state index is 2.59. The van der Waals surface area contributed by atoms with E-state index in [0.717, 1.165) is 5.69 Å². The molecule has 0 aliphatic heterocycles. The molecule has 0 atom stereocenters. The van der Waals surface area contributed by atoms with Crippen LogP contribution in [0.3, 0.4) is 0 Å². The second-order valence-electron chi connectivity index (χ2n) is 18.1. The van der Waals surface area contributed by atoms with Gasteiger partial charge in [0.15, 0.2) is 0 Å². The molecular weight excluding hydrogens is 699 g/mol. The first kappa shape index (κ1) is 34.8. The molecule has 8 aromatic rings.